The van der Waals surface area contributed by atoms with Gasteiger partial charge >= 0.3 is 6.18 Å². The van der Waals surface area contributed by atoms with E-state index < -0.39 is 17.8 Å². The minimum atomic E-state index is -4.63. The number of amides is 1. The third kappa shape index (κ3) is 4.72. The second-order valence-corrected chi connectivity index (χ2v) is 7.34. The number of nitrogens with one attached hydrogen (secondary N) is 1. The number of halogens is 4. The molecule has 0 aliphatic rings. The zero-order chi connectivity index (χ0) is 20.4. The summed E-state index contributed by atoms with van der Waals surface area (Å²) >= 11 is 2.88. The summed E-state index contributed by atoms with van der Waals surface area (Å²) in [5, 5.41) is 6.24. The largest absolute Gasteiger partial charge is 0.436 e. The molecule has 0 radical (unpaired) electrons. The fourth-order valence-corrected chi connectivity index (χ4v) is 3.61. The summed E-state index contributed by atoms with van der Waals surface area (Å²) in [4.78, 5) is 12.6. The lowest BCUT2D eigenvalue weighted by Gasteiger charge is -2.19. The Hall–Kier alpha value is -1.83. The molecular formula is C19H23BrF3N3O. The van der Waals surface area contributed by atoms with Gasteiger partial charge in [-0.25, -0.2) is 0 Å². The van der Waals surface area contributed by atoms with Crippen LogP contribution in [0.2, 0.25) is 0 Å². The van der Waals surface area contributed by atoms with E-state index >= 15 is 0 Å². The fourth-order valence-electron chi connectivity index (χ4n) is 2.87. The van der Waals surface area contributed by atoms with Crippen LogP contribution in [0.4, 0.5) is 13.2 Å². The minimum Gasteiger partial charge on any atom is -0.344 e. The number of alkyl halides is 3. The lowest BCUT2D eigenvalue weighted by atomic mass is 9.95. The molecule has 1 amide bonds. The first-order chi connectivity index (χ1) is 12.6. The summed E-state index contributed by atoms with van der Waals surface area (Å²) in [6.07, 6.45) is -3.00. The van der Waals surface area contributed by atoms with E-state index in [4.69, 9.17) is 0 Å². The van der Waals surface area contributed by atoms with Crippen molar-refractivity contribution < 1.29 is 18.0 Å². The summed E-state index contributed by atoms with van der Waals surface area (Å²) in [6, 6.07) is 7.66. The molecule has 0 bridgehead atoms. The molecule has 1 aromatic heterocycles. The standard InChI is InChI=1S/C19H23BrF3N3O/c1-5-11(3)12-7-9-13(10-8-12)14(6-2)24-18(27)16-15(20)17(19(21,22)23)25-26(16)4/h7-11,14H,5-6H2,1-4H3,(H,24,27). The Balaban J connectivity index is 2.24. The molecule has 2 unspecified atom stereocenters. The van der Waals surface area contributed by atoms with Gasteiger partial charge in [0.2, 0.25) is 0 Å². The molecule has 0 spiro atoms. The highest BCUT2D eigenvalue weighted by Crippen LogP contribution is 2.35. The van der Waals surface area contributed by atoms with Gasteiger partial charge in [0.05, 0.1) is 10.5 Å². The summed E-state index contributed by atoms with van der Waals surface area (Å²) in [6.45, 7) is 6.17. The quantitative estimate of drug-likeness (QED) is 0.629. The number of carbonyl (C=O) groups is 1. The van der Waals surface area contributed by atoms with Crippen molar-refractivity contribution in [3.8, 4) is 0 Å². The third-order valence-electron chi connectivity index (χ3n) is 4.71. The number of rotatable bonds is 6. The van der Waals surface area contributed by atoms with Gasteiger partial charge in [-0.1, -0.05) is 45.0 Å². The smallest absolute Gasteiger partial charge is 0.344 e. The van der Waals surface area contributed by atoms with E-state index in [9.17, 15) is 18.0 Å². The van der Waals surface area contributed by atoms with E-state index in [2.05, 4.69) is 40.2 Å². The van der Waals surface area contributed by atoms with Gasteiger partial charge in [-0.05, 0) is 45.8 Å². The molecule has 0 fully saturated rings. The van der Waals surface area contributed by atoms with Gasteiger partial charge in [-0.3, -0.25) is 9.48 Å². The van der Waals surface area contributed by atoms with Crippen molar-refractivity contribution in [2.45, 2.75) is 51.7 Å². The van der Waals surface area contributed by atoms with Crippen molar-refractivity contribution in [2.75, 3.05) is 0 Å². The summed E-state index contributed by atoms with van der Waals surface area (Å²) in [5.41, 5.74) is 0.858. The summed E-state index contributed by atoms with van der Waals surface area (Å²) < 4.78 is 39.6. The van der Waals surface area contributed by atoms with E-state index in [0.717, 1.165) is 16.7 Å². The molecule has 4 nitrogen and oxygen atoms in total. The van der Waals surface area contributed by atoms with Crippen LogP contribution in [0.1, 0.15) is 72.9 Å². The first kappa shape index (κ1) is 21.5. The van der Waals surface area contributed by atoms with Crippen molar-refractivity contribution in [1.29, 1.82) is 0 Å². The Kier molecular flexibility index (Phi) is 6.72. The molecule has 0 saturated carbocycles. The van der Waals surface area contributed by atoms with Crippen LogP contribution >= 0.6 is 15.9 Å². The third-order valence-corrected chi connectivity index (χ3v) is 5.46. The van der Waals surface area contributed by atoms with Crippen LogP contribution in [0, 0.1) is 0 Å². The van der Waals surface area contributed by atoms with Crippen molar-refractivity contribution in [3.63, 3.8) is 0 Å². The fraction of sp³-hybridized carbons (Fsp3) is 0.474. The Morgan fingerprint density at radius 1 is 1.19 bits per heavy atom. The van der Waals surface area contributed by atoms with E-state index in [1.165, 1.54) is 12.6 Å². The molecule has 2 atom stereocenters. The predicted molar refractivity (Wildman–Crippen MR) is 102 cm³/mol. The topological polar surface area (TPSA) is 46.9 Å². The van der Waals surface area contributed by atoms with E-state index in [1.54, 1.807) is 0 Å². The van der Waals surface area contributed by atoms with E-state index in [1.807, 2.05) is 31.2 Å². The minimum absolute atomic E-state index is 0.156. The molecular weight excluding hydrogens is 423 g/mol. The van der Waals surface area contributed by atoms with Gasteiger partial charge in [0.1, 0.15) is 5.69 Å². The molecule has 2 rings (SSSR count). The average Bonchev–Trinajstić information content (AvgIpc) is 2.93. The number of aryl methyl sites for hydroxylation is 1. The first-order valence-electron chi connectivity index (χ1n) is 8.80. The first-order valence-corrected chi connectivity index (χ1v) is 9.59. The van der Waals surface area contributed by atoms with Gasteiger partial charge in [0.15, 0.2) is 5.69 Å². The SMILES string of the molecule is CCC(C)c1ccc(C(CC)NC(=O)c2c(Br)c(C(F)(F)F)nn2C)cc1. The number of nitrogens with zero attached hydrogens (tertiary/aromatic N) is 2. The normalized spacial score (nSPS) is 14.1. The maximum atomic E-state index is 13.0. The van der Waals surface area contributed by atoms with Crippen molar-refractivity contribution in [3.05, 3.63) is 51.3 Å². The van der Waals surface area contributed by atoms with Crippen LogP contribution in [-0.4, -0.2) is 15.7 Å². The molecule has 1 N–H and O–H groups in total. The van der Waals surface area contributed by atoms with Crippen LogP contribution in [0.3, 0.4) is 0 Å². The number of hydrogen-bond acceptors (Lipinski definition) is 2. The molecule has 0 aliphatic carbocycles. The second-order valence-electron chi connectivity index (χ2n) is 6.54. The number of benzene rings is 1. The zero-order valence-corrected chi connectivity index (χ0v) is 17.3. The van der Waals surface area contributed by atoms with Crippen LogP contribution in [0.25, 0.3) is 0 Å². The predicted octanol–water partition coefficient (Wildman–Crippen LogP) is 5.60. The lowest BCUT2D eigenvalue weighted by molar-refractivity contribution is -0.142. The highest BCUT2D eigenvalue weighted by atomic mass is 79.9. The van der Waals surface area contributed by atoms with Gasteiger partial charge in [0.25, 0.3) is 5.91 Å². The van der Waals surface area contributed by atoms with Crippen LogP contribution in [0.5, 0.6) is 0 Å². The van der Waals surface area contributed by atoms with Crippen molar-refractivity contribution in [1.82, 2.24) is 15.1 Å². The van der Waals surface area contributed by atoms with E-state index in [-0.39, 0.29) is 16.2 Å². The molecule has 1 heterocycles. The Morgan fingerprint density at radius 2 is 1.74 bits per heavy atom. The zero-order valence-electron chi connectivity index (χ0n) is 15.7. The average molecular weight is 446 g/mol. The van der Waals surface area contributed by atoms with Gasteiger partial charge < -0.3 is 5.32 Å². The second kappa shape index (κ2) is 8.46. The van der Waals surface area contributed by atoms with Crippen molar-refractivity contribution >= 4 is 21.8 Å². The summed E-state index contributed by atoms with van der Waals surface area (Å²) in [7, 11) is 1.32. The molecule has 0 saturated heterocycles. The highest BCUT2D eigenvalue weighted by Gasteiger charge is 2.39. The lowest BCUT2D eigenvalue weighted by Crippen LogP contribution is -2.30. The molecule has 148 valence electrons. The maximum absolute atomic E-state index is 13.0. The Morgan fingerprint density at radius 3 is 2.19 bits per heavy atom. The van der Waals surface area contributed by atoms with Crippen LogP contribution < -0.4 is 5.32 Å². The summed E-state index contributed by atoms with van der Waals surface area (Å²) in [5.74, 6) is -0.162. The van der Waals surface area contributed by atoms with E-state index in [0.29, 0.717) is 12.3 Å². The molecule has 0 aliphatic heterocycles. The highest BCUT2D eigenvalue weighted by molar-refractivity contribution is 9.10. The molecule has 27 heavy (non-hydrogen) atoms. The number of carbonyl (C=O) groups excluding carboxylic acids is 1. The van der Waals surface area contributed by atoms with Gasteiger partial charge in [-0.15, -0.1) is 0 Å². The maximum Gasteiger partial charge on any atom is 0.436 e. The van der Waals surface area contributed by atoms with Gasteiger partial charge in [0, 0.05) is 7.05 Å². The number of aromatic nitrogens is 2. The van der Waals surface area contributed by atoms with Crippen LogP contribution in [0.15, 0.2) is 28.7 Å². The molecule has 8 heteroatoms. The Bertz CT molecular complexity index is 800. The van der Waals surface area contributed by atoms with Gasteiger partial charge in [-0.2, -0.15) is 18.3 Å². The monoisotopic (exact) mass is 445 g/mol. The number of hydrogen-bond donors (Lipinski definition) is 1. The van der Waals surface area contributed by atoms with Crippen molar-refractivity contribution in [2.24, 2.45) is 7.05 Å². The molecule has 1 aromatic carbocycles. The molecule has 2 aromatic rings. The van der Waals surface area contributed by atoms with Crippen LogP contribution in [-0.2, 0) is 13.2 Å². The Labute approximate surface area is 165 Å².